The summed E-state index contributed by atoms with van der Waals surface area (Å²) in [7, 11) is 0. The molecule has 1 unspecified atom stereocenters. The highest BCUT2D eigenvalue weighted by Crippen LogP contribution is 2.45. The van der Waals surface area contributed by atoms with Crippen molar-refractivity contribution in [1.29, 1.82) is 0 Å². The molecule has 0 aromatic heterocycles. The van der Waals surface area contributed by atoms with E-state index >= 15 is 0 Å². The van der Waals surface area contributed by atoms with Gasteiger partial charge in [-0.15, -0.1) is 0 Å². The summed E-state index contributed by atoms with van der Waals surface area (Å²) < 4.78 is 11.4. The van der Waals surface area contributed by atoms with Gasteiger partial charge in [-0.2, -0.15) is 0 Å². The maximum Gasteiger partial charge on any atom is 0.407 e. The van der Waals surface area contributed by atoms with Gasteiger partial charge in [0.05, 0.1) is 0 Å². The van der Waals surface area contributed by atoms with Gasteiger partial charge in [0.1, 0.15) is 13.2 Å². The lowest BCUT2D eigenvalue weighted by molar-refractivity contribution is 0.135. The second kappa shape index (κ2) is 13.2. The van der Waals surface area contributed by atoms with E-state index in [-0.39, 0.29) is 23.3 Å². The minimum atomic E-state index is -0.394. The van der Waals surface area contributed by atoms with Crippen molar-refractivity contribution in [3.63, 3.8) is 0 Å². The highest BCUT2D eigenvalue weighted by molar-refractivity contribution is 5.80. The van der Waals surface area contributed by atoms with Gasteiger partial charge in [-0.3, -0.25) is 0 Å². The molecule has 2 amide bonds. The molecule has 0 spiro atoms. The van der Waals surface area contributed by atoms with Crippen molar-refractivity contribution in [3.8, 4) is 22.3 Å². The number of hydrogen-bond donors (Lipinski definition) is 2. The minimum Gasteiger partial charge on any atom is -0.449 e. The maximum atomic E-state index is 12.7. The predicted molar refractivity (Wildman–Crippen MR) is 178 cm³/mol. The minimum absolute atomic E-state index is 0.0418. The second-order valence-electron chi connectivity index (χ2n) is 13.2. The van der Waals surface area contributed by atoms with Crippen LogP contribution in [0.3, 0.4) is 0 Å². The number of carbonyl (C=O) groups excluding carboxylic acids is 2. The molecule has 0 saturated carbocycles. The van der Waals surface area contributed by atoms with Crippen LogP contribution in [0.5, 0.6) is 0 Å². The van der Waals surface area contributed by atoms with Gasteiger partial charge in [0.25, 0.3) is 0 Å². The summed E-state index contributed by atoms with van der Waals surface area (Å²) in [5.74, 6) is 0.435. The molecule has 2 aliphatic carbocycles. The van der Waals surface area contributed by atoms with Gasteiger partial charge < -0.3 is 20.1 Å². The number of carbonyl (C=O) groups is 2. The number of nitrogens with one attached hydrogen (secondary N) is 2. The van der Waals surface area contributed by atoms with Crippen molar-refractivity contribution >= 4 is 12.2 Å². The van der Waals surface area contributed by atoms with Crippen LogP contribution in [-0.2, 0) is 9.47 Å². The quantitative estimate of drug-likeness (QED) is 0.180. The van der Waals surface area contributed by atoms with Gasteiger partial charge in [-0.25, -0.2) is 9.59 Å². The zero-order valence-electron chi connectivity index (χ0n) is 26.3. The SMILES string of the molecule is CC(CCNC(=O)OCC1c2ccccc2-c2ccccc21)CC(C)(C)CNC(=O)OCC1c2ccccc2-c2ccccc21. The lowest BCUT2D eigenvalue weighted by Crippen LogP contribution is -2.36. The first-order valence-electron chi connectivity index (χ1n) is 16.0. The number of alkyl carbamates (subject to hydrolysis) is 2. The van der Waals surface area contributed by atoms with Crippen molar-refractivity contribution in [2.24, 2.45) is 11.3 Å². The predicted octanol–water partition coefficient (Wildman–Crippen LogP) is 8.51. The van der Waals surface area contributed by atoms with E-state index in [0.29, 0.717) is 32.2 Å². The Balaban J connectivity index is 0.907. The molecular formula is C39H42N2O4. The average molecular weight is 603 g/mol. The highest BCUT2D eigenvalue weighted by Gasteiger charge is 2.30. The maximum absolute atomic E-state index is 12.7. The van der Waals surface area contributed by atoms with E-state index in [1.165, 1.54) is 44.5 Å². The Labute approximate surface area is 266 Å². The monoisotopic (exact) mass is 602 g/mol. The third-order valence-corrected chi connectivity index (χ3v) is 9.21. The molecule has 4 aromatic carbocycles. The Hall–Kier alpha value is -4.58. The molecule has 232 valence electrons. The van der Waals surface area contributed by atoms with Crippen molar-refractivity contribution in [2.75, 3.05) is 26.3 Å². The summed E-state index contributed by atoms with van der Waals surface area (Å²) in [5, 5.41) is 5.91. The second-order valence-corrected chi connectivity index (χ2v) is 13.2. The number of fused-ring (bicyclic) bond motifs is 6. The van der Waals surface area contributed by atoms with Gasteiger partial charge in [-0.1, -0.05) is 118 Å². The largest absolute Gasteiger partial charge is 0.449 e. The molecule has 0 fully saturated rings. The third kappa shape index (κ3) is 6.75. The average Bonchev–Trinajstić information content (AvgIpc) is 3.54. The molecule has 2 aliphatic rings. The normalized spacial score (nSPS) is 14.1. The van der Waals surface area contributed by atoms with Crippen molar-refractivity contribution in [3.05, 3.63) is 119 Å². The van der Waals surface area contributed by atoms with Crippen molar-refractivity contribution in [2.45, 2.75) is 45.4 Å². The van der Waals surface area contributed by atoms with E-state index in [9.17, 15) is 9.59 Å². The van der Waals surface area contributed by atoms with Gasteiger partial charge in [0, 0.05) is 24.9 Å². The van der Waals surface area contributed by atoms with E-state index in [2.05, 4.69) is 79.9 Å². The van der Waals surface area contributed by atoms with Crippen LogP contribution >= 0.6 is 0 Å². The van der Waals surface area contributed by atoms with Crippen LogP contribution in [0.15, 0.2) is 97.1 Å². The molecule has 0 aliphatic heterocycles. The molecule has 4 aromatic rings. The lowest BCUT2D eigenvalue weighted by atomic mass is 9.82. The Morgan fingerprint density at radius 1 is 0.644 bits per heavy atom. The number of ether oxygens (including phenoxy) is 2. The number of rotatable bonds is 11. The van der Waals surface area contributed by atoms with Crippen LogP contribution in [0.1, 0.15) is 67.7 Å². The summed E-state index contributed by atoms with van der Waals surface area (Å²) in [6.07, 6.45) is 0.927. The summed E-state index contributed by atoms with van der Waals surface area (Å²) in [6.45, 7) is 8.12. The van der Waals surface area contributed by atoms with Crippen molar-refractivity contribution < 1.29 is 19.1 Å². The smallest absolute Gasteiger partial charge is 0.407 e. The molecule has 45 heavy (non-hydrogen) atoms. The lowest BCUT2D eigenvalue weighted by Gasteiger charge is -2.28. The molecule has 0 saturated heterocycles. The summed E-state index contributed by atoms with van der Waals surface area (Å²) in [5.41, 5.74) is 9.53. The fraction of sp³-hybridized carbons (Fsp3) is 0.333. The molecule has 6 heteroatoms. The topological polar surface area (TPSA) is 76.7 Å². The molecule has 1 atom stereocenters. The van der Waals surface area contributed by atoms with E-state index in [1.54, 1.807) is 0 Å². The van der Waals surface area contributed by atoms with Gasteiger partial charge in [-0.05, 0) is 68.7 Å². The zero-order chi connectivity index (χ0) is 31.4. The van der Waals surface area contributed by atoms with Crippen LogP contribution in [-0.4, -0.2) is 38.5 Å². The Kier molecular flexibility index (Phi) is 8.92. The highest BCUT2D eigenvalue weighted by atomic mass is 16.6. The Morgan fingerprint density at radius 2 is 1.02 bits per heavy atom. The molecule has 0 radical (unpaired) electrons. The van der Waals surface area contributed by atoms with Crippen LogP contribution in [0.2, 0.25) is 0 Å². The van der Waals surface area contributed by atoms with E-state index in [1.807, 2.05) is 48.5 Å². The third-order valence-electron chi connectivity index (χ3n) is 9.21. The molecular weight excluding hydrogens is 560 g/mol. The summed E-state index contributed by atoms with van der Waals surface area (Å²) in [6, 6.07) is 33.3. The summed E-state index contributed by atoms with van der Waals surface area (Å²) in [4.78, 5) is 25.3. The fourth-order valence-electron chi connectivity index (χ4n) is 7.15. The Bertz CT molecular complexity index is 1590. The first-order chi connectivity index (χ1) is 21.8. The van der Waals surface area contributed by atoms with Gasteiger partial charge in [0.15, 0.2) is 0 Å². The first-order valence-corrected chi connectivity index (χ1v) is 16.0. The standard InChI is InChI=1S/C39H42N2O4/c1-26(20-21-40-37(42)44-23-35-31-16-8-4-12-27(31)28-13-5-9-17-32(28)35)22-39(2,3)25-41-38(43)45-24-36-33-18-10-6-14-29(33)30-15-7-11-19-34(30)36/h4-19,26,35-36H,20-25H2,1-3H3,(H,40,42)(H,41,43). The number of hydrogen-bond acceptors (Lipinski definition) is 4. The zero-order valence-corrected chi connectivity index (χ0v) is 26.3. The number of benzene rings is 4. The van der Waals surface area contributed by atoms with Gasteiger partial charge in [0.2, 0.25) is 0 Å². The molecule has 2 N–H and O–H groups in total. The van der Waals surface area contributed by atoms with Crippen LogP contribution in [0.25, 0.3) is 22.3 Å². The van der Waals surface area contributed by atoms with E-state index < -0.39 is 6.09 Å². The van der Waals surface area contributed by atoms with Crippen LogP contribution in [0.4, 0.5) is 9.59 Å². The molecule has 6 nitrogen and oxygen atoms in total. The van der Waals surface area contributed by atoms with Crippen LogP contribution in [0, 0.1) is 11.3 Å². The Morgan fingerprint density at radius 3 is 1.44 bits per heavy atom. The van der Waals surface area contributed by atoms with Gasteiger partial charge >= 0.3 is 12.2 Å². The molecule has 0 bridgehead atoms. The van der Waals surface area contributed by atoms with Crippen molar-refractivity contribution in [1.82, 2.24) is 10.6 Å². The van der Waals surface area contributed by atoms with Crippen LogP contribution < -0.4 is 10.6 Å². The van der Waals surface area contributed by atoms with E-state index in [4.69, 9.17) is 9.47 Å². The number of amides is 2. The van der Waals surface area contributed by atoms with E-state index in [0.717, 1.165) is 12.8 Å². The molecule has 6 rings (SSSR count). The molecule has 0 heterocycles. The first kappa shape index (κ1) is 30.4. The fourth-order valence-corrected chi connectivity index (χ4v) is 7.15. The summed E-state index contributed by atoms with van der Waals surface area (Å²) >= 11 is 0.